The molecule has 4 aromatic rings. The maximum Gasteiger partial charge on any atom is 0.132 e. The minimum atomic E-state index is 0.351. The Kier molecular flexibility index (Phi) is 11.8. The van der Waals surface area contributed by atoms with Crippen molar-refractivity contribution >= 4 is 5.78 Å². The van der Waals surface area contributed by atoms with Crippen LogP contribution in [0.25, 0.3) is 0 Å². The Balaban J connectivity index is 1.11. The van der Waals surface area contributed by atoms with Crippen LogP contribution in [0.5, 0.6) is 0 Å². The van der Waals surface area contributed by atoms with Crippen molar-refractivity contribution < 1.29 is 4.79 Å². The number of carbonyl (C=O) groups is 1. The molecule has 2 aromatic carbocycles. The summed E-state index contributed by atoms with van der Waals surface area (Å²) in [6.07, 6.45) is 23.7. The second-order valence-corrected chi connectivity index (χ2v) is 11.1. The number of unbranched alkanes of at least 4 members (excludes halogenated alkanes) is 2. The van der Waals surface area contributed by atoms with E-state index in [1.807, 2.05) is 25.0 Å². The molecule has 212 valence electrons. The van der Waals surface area contributed by atoms with Gasteiger partial charge >= 0.3 is 0 Å². The minimum absolute atomic E-state index is 0.351. The maximum absolute atomic E-state index is 12.4. The van der Waals surface area contributed by atoms with Gasteiger partial charge in [-0.2, -0.15) is 0 Å². The van der Waals surface area contributed by atoms with E-state index in [1.165, 1.54) is 22.3 Å². The summed E-state index contributed by atoms with van der Waals surface area (Å²) in [5.74, 6) is 0.413. The zero-order chi connectivity index (χ0) is 28.0. The number of hydrogen-bond acceptors (Lipinski definition) is 3. The van der Waals surface area contributed by atoms with Crippen LogP contribution in [0.15, 0.2) is 86.0 Å². The van der Waals surface area contributed by atoms with Gasteiger partial charge in [0.05, 0.1) is 24.7 Å². The van der Waals surface area contributed by atoms with Gasteiger partial charge in [-0.05, 0) is 73.6 Å². The van der Waals surface area contributed by atoms with Gasteiger partial charge in [-0.1, -0.05) is 75.2 Å². The summed E-state index contributed by atoms with van der Waals surface area (Å²) in [4.78, 5) is 20.9. The van der Waals surface area contributed by atoms with Gasteiger partial charge < -0.3 is 9.13 Å². The first-order chi connectivity index (χ1) is 19.7. The third-order valence-electron chi connectivity index (χ3n) is 7.96. The fourth-order valence-corrected chi connectivity index (χ4v) is 5.67. The van der Waals surface area contributed by atoms with Crippen molar-refractivity contribution in [3.8, 4) is 0 Å². The van der Waals surface area contributed by atoms with Crippen LogP contribution in [0.2, 0.25) is 0 Å². The van der Waals surface area contributed by atoms with E-state index in [9.17, 15) is 4.79 Å². The molecule has 0 bridgehead atoms. The van der Waals surface area contributed by atoms with E-state index < -0.39 is 0 Å². The Morgan fingerprint density at radius 1 is 0.650 bits per heavy atom. The summed E-state index contributed by atoms with van der Waals surface area (Å²) in [6.45, 7) is 4.45. The molecular weight excluding hydrogens is 492 g/mol. The van der Waals surface area contributed by atoms with E-state index in [-0.39, 0.29) is 0 Å². The van der Waals surface area contributed by atoms with Crippen molar-refractivity contribution in [3.63, 3.8) is 0 Å². The van der Waals surface area contributed by atoms with Crippen molar-refractivity contribution in [2.24, 2.45) is 0 Å². The quantitative estimate of drug-likeness (QED) is 0.119. The molecule has 0 spiro atoms. The highest BCUT2D eigenvalue weighted by atomic mass is 16.1. The van der Waals surface area contributed by atoms with E-state index in [1.54, 1.807) is 0 Å². The van der Waals surface area contributed by atoms with E-state index in [4.69, 9.17) is 0 Å². The van der Waals surface area contributed by atoms with Gasteiger partial charge in [-0.3, -0.25) is 4.79 Å². The first-order valence-corrected chi connectivity index (χ1v) is 15.3. The van der Waals surface area contributed by atoms with E-state index in [0.29, 0.717) is 30.7 Å². The largest absolute Gasteiger partial charge is 0.330 e. The molecule has 2 atom stereocenters. The summed E-state index contributed by atoms with van der Waals surface area (Å²) >= 11 is 0. The molecule has 0 radical (unpaired) electrons. The molecule has 0 aliphatic carbocycles. The average molecular weight is 539 g/mol. The van der Waals surface area contributed by atoms with Gasteiger partial charge in [0, 0.05) is 37.6 Å². The van der Waals surface area contributed by atoms with Gasteiger partial charge in [0.25, 0.3) is 0 Å². The average Bonchev–Trinajstić information content (AvgIpc) is 3.71. The molecule has 5 nitrogen and oxygen atoms in total. The molecule has 2 aromatic heterocycles. The zero-order valence-electron chi connectivity index (χ0n) is 24.4. The first kappa shape index (κ1) is 29.5. The van der Waals surface area contributed by atoms with Crippen LogP contribution in [0.3, 0.4) is 0 Å². The molecule has 0 amide bonds. The normalized spacial score (nSPS) is 12.8. The second kappa shape index (κ2) is 16.0. The predicted octanol–water partition coefficient (Wildman–Crippen LogP) is 8.55. The number of Topliss-reactive ketones (excluding diaryl/α,β-unsaturated/α-hetero) is 1. The Morgan fingerprint density at radius 3 is 1.43 bits per heavy atom. The first-order valence-electron chi connectivity index (χ1n) is 15.3. The Morgan fingerprint density at radius 2 is 1.07 bits per heavy atom. The highest BCUT2D eigenvalue weighted by Crippen LogP contribution is 2.25. The lowest BCUT2D eigenvalue weighted by molar-refractivity contribution is -0.119. The monoisotopic (exact) mass is 538 g/mol. The third-order valence-corrected chi connectivity index (χ3v) is 7.96. The number of hydrogen-bond donors (Lipinski definition) is 0. The zero-order valence-corrected chi connectivity index (χ0v) is 24.4. The number of aromatic nitrogens is 4. The highest BCUT2D eigenvalue weighted by molar-refractivity contribution is 5.78. The van der Waals surface area contributed by atoms with Gasteiger partial charge in [0.15, 0.2) is 0 Å². The molecule has 4 rings (SSSR count). The number of ketones is 1. The van der Waals surface area contributed by atoms with Gasteiger partial charge in [0.1, 0.15) is 5.78 Å². The molecule has 0 fully saturated rings. The van der Waals surface area contributed by atoms with Gasteiger partial charge in [0.2, 0.25) is 0 Å². The number of rotatable bonds is 18. The summed E-state index contributed by atoms with van der Waals surface area (Å²) < 4.78 is 4.40. The minimum Gasteiger partial charge on any atom is -0.330 e. The van der Waals surface area contributed by atoms with Crippen LogP contribution >= 0.6 is 0 Å². The lowest BCUT2D eigenvalue weighted by atomic mass is 9.98. The van der Waals surface area contributed by atoms with Crippen LogP contribution in [0.1, 0.15) is 112 Å². The molecule has 40 heavy (non-hydrogen) atoms. The summed E-state index contributed by atoms with van der Waals surface area (Å²) in [7, 11) is 0. The molecule has 5 heteroatoms. The Hall–Kier alpha value is -3.47. The van der Waals surface area contributed by atoms with Crippen LogP contribution < -0.4 is 0 Å². The lowest BCUT2D eigenvalue weighted by Gasteiger charge is -2.18. The van der Waals surface area contributed by atoms with E-state index >= 15 is 0 Å². The van der Waals surface area contributed by atoms with Crippen molar-refractivity contribution in [2.45, 2.75) is 103 Å². The predicted molar refractivity (Wildman–Crippen MR) is 164 cm³/mol. The molecule has 0 aliphatic rings. The molecule has 0 N–H and O–H groups in total. The fraction of sp³-hybridized carbons (Fsp3) is 0.457. The smallest absolute Gasteiger partial charge is 0.132 e. The number of aryl methyl sites for hydroxylation is 2. The SMILES string of the molecule is CCCC(c1ccc(CCCCC(=O)CCCCc2ccc(C(CCC)n3ccnc3)cc2)cc1)n1ccnc1. The van der Waals surface area contributed by atoms with Crippen molar-refractivity contribution in [1.82, 2.24) is 19.1 Å². The second-order valence-electron chi connectivity index (χ2n) is 11.1. The summed E-state index contributed by atoms with van der Waals surface area (Å²) in [5.41, 5.74) is 5.39. The number of imidazole rings is 2. The maximum atomic E-state index is 12.4. The van der Waals surface area contributed by atoms with Crippen LogP contribution in [0.4, 0.5) is 0 Å². The molecule has 0 aliphatic heterocycles. The highest BCUT2D eigenvalue weighted by Gasteiger charge is 2.13. The van der Waals surface area contributed by atoms with Crippen LogP contribution in [-0.4, -0.2) is 24.9 Å². The Bertz CT molecular complexity index is 1130. The van der Waals surface area contributed by atoms with Gasteiger partial charge in [-0.15, -0.1) is 0 Å². The third kappa shape index (κ3) is 8.77. The van der Waals surface area contributed by atoms with Crippen LogP contribution in [0, 0.1) is 0 Å². The number of carbonyl (C=O) groups excluding carboxylic acids is 1. The van der Waals surface area contributed by atoms with Crippen molar-refractivity contribution in [2.75, 3.05) is 0 Å². The topological polar surface area (TPSA) is 52.7 Å². The fourth-order valence-electron chi connectivity index (χ4n) is 5.67. The number of nitrogens with zero attached hydrogens (tertiary/aromatic N) is 4. The lowest BCUT2D eigenvalue weighted by Crippen LogP contribution is -2.08. The number of benzene rings is 2. The standard InChI is InChI=1S/C35H46N4O/c1-3-9-34(38-25-23-36-27-38)31-19-15-29(16-20-31)11-5-7-13-33(40)14-8-6-12-30-17-21-32(22-18-30)35(10-4-2)39-26-24-37-28-39/h15-28,34-35H,3-14H2,1-2H3. The van der Waals surface area contributed by atoms with E-state index in [0.717, 1.165) is 64.2 Å². The molecule has 0 saturated carbocycles. The molecule has 2 unspecified atom stereocenters. The van der Waals surface area contributed by atoms with E-state index in [2.05, 4.69) is 93.9 Å². The molecule has 0 saturated heterocycles. The summed E-state index contributed by atoms with van der Waals surface area (Å²) in [6, 6.07) is 18.8. The molecule has 2 heterocycles. The van der Waals surface area contributed by atoms with Crippen LogP contribution in [-0.2, 0) is 17.6 Å². The van der Waals surface area contributed by atoms with Crippen molar-refractivity contribution in [1.29, 1.82) is 0 Å². The van der Waals surface area contributed by atoms with Gasteiger partial charge in [-0.25, -0.2) is 9.97 Å². The van der Waals surface area contributed by atoms with Crippen molar-refractivity contribution in [3.05, 3.63) is 108 Å². The summed E-state index contributed by atoms with van der Waals surface area (Å²) in [5, 5.41) is 0. The Labute approximate surface area is 240 Å². The molecular formula is C35H46N4O.